The summed E-state index contributed by atoms with van der Waals surface area (Å²) in [6, 6.07) is 15.1. The molecule has 1 saturated carbocycles. The van der Waals surface area contributed by atoms with Gasteiger partial charge >= 0.3 is 12.1 Å². The normalized spacial score (nSPS) is 25.6. The second-order valence-corrected chi connectivity index (χ2v) is 9.76. The zero-order chi connectivity index (χ0) is 24.5. The number of alkyl carbamates (subject to hydrolysis) is 1. The molecule has 1 heterocycles. The minimum absolute atomic E-state index is 0.0246. The van der Waals surface area contributed by atoms with E-state index in [2.05, 4.69) is 29.6 Å². The Balaban J connectivity index is 1.18. The lowest BCUT2D eigenvalue weighted by atomic mass is 9.84. The standard InChI is InChI=1S/C27H30N2O6/c30-18-13-24(26(32)33)29(14-18)25(31)16-6-5-7-17(12-16)28-27(34)35-15-23-21-10-3-1-8-19(21)20-9-2-4-11-22(20)23/h1-4,8-11,16-18,23-24,30H,5-7,12-15H2,(H,28,34)(H,32,33)/t16-,17-,18?,24?/m1/s1. The van der Waals surface area contributed by atoms with Crippen molar-refractivity contribution >= 4 is 18.0 Å². The summed E-state index contributed by atoms with van der Waals surface area (Å²) < 4.78 is 5.64. The summed E-state index contributed by atoms with van der Waals surface area (Å²) in [5.74, 6) is -1.76. The fourth-order valence-corrected chi connectivity index (χ4v) is 5.88. The van der Waals surface area contributed by atoms with Gasteiger partial charge in [-0.25, -0.2) is 9.59 Å². The van der Waals surface area contributed by atoms with Gasteiger partial charge in [0.15, 0.2) is 0 Å². The molecule has 1 saturated heterocycles. The quantitative estimate of drug-likeness (QED) is 0.608. The first-order valence-corrected chi connectivity index (χ1v) is 12.2. The van der Waals surface area contributed by atoms with Crippen molar-refractivity contribution in [3.8, 4) is 11.1 Å². The number of carboxylic acid groups (broad SMARTS) is 1. The second kappa shape index (κ2) is 9.70. The summed E-state index contributed by atoms with van der Waals surface area (Å²) >= 11 is 0. The highest BCUT2D eigenvalue weighted by molar-refractivity contribution is 5.86. The Kier molecular flexibility index (Phi) is 6.47. The molecule has 5 rings (SSSR count). The first-order chi connectivity index (χ1) is 16.9. The largest absolute Gasteiger partial charge is 0.480 e. The summed E-state index contributed by atoms with van der Waals surface area (Å²) in [7, 11) is 0. The molecule has 3 N–H and O–H groups in total. The lowest BCUT2D eigenvalue weighted by Gasteiger charge is -2.32. The Bertz CT molecular complexity index is 1090. The van der Waals surface area contributed by atoms with E-state index in [4.69, 9.17) is 4.74 Å². The highest BCUT2D eigenvalue weighted by Gasteiger charge is 2.42. The van der Waals surface area contributed by atoms with E-state index in [0.29, 0.717) is 12.8 Å². The maximum atomic E-state index is 13.0. The SMILES string of the molecule is O=C(N[C@@H]1CCC[C@@H](C(=O)N2CC(O)CC2C(=O)O)C1)OCC1c2ccccc2-c2ccccc21. The topological polar surface area (TPSA) is 116 Å². The van der Waals surface area contributed by atoms with Crippen molar-refractivity contribution in [3.63, 3.8) is 0 Å². The summed E-state index contributed by atoms with van der Waals surface area (Å²) in [5, 5.41) is 22.2. The molecule has 4 atom stereocenters. The number of carbonyl (C=O) groups is 3. The minimum atomic E-state index is -1.10. The van der Waals surface area contributed by atoms with E-state index in [1.54, 1.807) is 0 Å². The summed E-state index contributed by atoms with van der Waals surface area (Å²) in [4.78, 5) is 38.5. The summed E-state index contributed by atoms with van der Waals surface area (Å²) in [5.41, 5.74) is 4.62. The van der Waals surface area contributed by atoms with Crippen LogP contribution < -0.4 is 5.32 Å². The van der Waals surface area contributed by atoms with Gasteiger partial charge in [0.05, 0.1) is 6.10 Å². The third-order valence-electron chi connectivity index (χ3n) is 7.54. The fraction of sp³-hybridized carbons (Fsp3) is 0.444. The predicted octanol–water partition coefficient (Wildman–Crippen LogP) is 3.13. The minimum Gasteiger partial charge on any atom is -0.480 e. The molecule has 8 heteroatoms. The fourth-order valence-electron chi connectivity index (χ4n) is 5.88. The molecule has 2 unspecified atom stereocenters. The van der Waals surface area contributed by atoms with E-state index in [1.807, 2.05) is 24.3 Å². The van der Waals surface area contributed by atoms with Crippen molar-refractivity contribution < 1.29 is 29.3 Å². The molecule has 2 amide bonds. The van der Waals surface area contributed by atoms with Crippen LogP contribution in [0.25, 0.3) is 11.1 Å². The van der Waals surface area contributed by atoms with Gasteiger partial charge in [0.25, 0.3) is 0 Å². The summed E-state index contributed by atoms with van der Waals surface area (Å²) in [6.45, 7) is 0.262. The Morgan fingerprint density at radius 3 is 2.29 bits per heavy atom. The monoisotopic (exact) mass is 478 g/mol. The lowest BCUT2D eigenvalue weighted by molar-refractivity contribution is -0.150. The molecule has 35 heavy (non-hydrogen) atoms. The molecular formula is C27H30N2O6. The number of aliphatic hydroxyl groups excluding tert-OH is 1. The van der Waals surface area contributed by atoms with E-state index in [9.17, 15) is 24.6 Å². The van der Waals surface area contributed by atoms with Gasteiger partial charge in [-0.15, -0.1) is 0 Å². The summed E-state index contributed by atoms with van der Waals surface area (Å²) in [6.07, 6.45) is 1.28. The molecule has 2 fully saturated rings. The number of ether oxygens (including phenoxy) is 1. The van der Waals surface area contributed by atoms with E-state index in [0.717, 1.165) is 35.1 Å². The number of fused-ring (bicyclic) bond motifs is 3. The van der Waals surface area contributed by atoms with Crippen LogP contribution in [0, 0.1) is 5.92 Å². The van der Waals surface area contributed by atoms with Crippen LogP contribution in [-0.4, -0.2) is 64.4 Å². The number of carbonyl (C=O) groups excluding carboxylic acids is 2. The molecule has 2 aromatic rings. The number of aliphatic carboxylic acids is 1. The van der Waals surface area contributed by atoms with Gasteiger partial charge < -0.3 is 25.2 Å². The van der Waals surface area contributed by atoms with Crippen molar-refractivity contribution in [1.82, 2.24) is 10.2 Å². The van der Waals surface area contributed by atoms with Gasteiger partial charge in [0.2, 0.25) is 5.91 Å². The van der Waals surface area contributed by atoms with Gasteiger partial charge in [-0.05, 0) is 41.5 Å². The van der Waals surface area contributed by atoms with Crippen LogP contribution in [0.5, 0.6) is 0 Å². The van der Waals surface area contributed by atoms with Crippen molar-refractivity contribution in [1.29, 1.82) is 0 Å². The van der Waals surface area contributed by atoms with Crippen LogP contribution in [-0.2, 0) is 14.3 Å². The molecule has 0 radical (unpaired) electrons. The first-order valence-electron chi connectivity index (χ1n) is 12.2. The van der Waals surface area contributed by atoms with Gasteiger partial charge in [0.1, 0.15) is 12.6 Å². The molecule has 2 aliphatic carbocycles. The highest BCUT2D eigenvalue weighted by Crippen LogP contribution is 2.44. The number of benzene rings is 2. The molecule has 8 nitrogen and oxygen atoms in total. The third-order valence-corrected chi connectivity index (χ3v) is 7.54. The Morgan fingerprint density at radius 1 is 0.971 bits per heavy atom. The Labute approximate surface area is 203 Å². The van der Waals surface area contributed by atoms with Crippen molar-refractivity contribution in [2.24, 2.45) is 5.92 Å². The average molecular weight is 479 g/mol. The van der Waals surface area contributed by atoms with Crippen molar-refractivity contribution in [2.45, 2.75) is 56.2 Å². The van der Waals surface area contributed by atoms with E-state index in [1.165, 1.54) is 4.90 Å². The van der Waals surface area contributed by atoms with E-state index >= 15 is 0 Å². The van der Waals surface area contributed by atoms with Crippen LogP contribution in [0.1, 0.15) is 49.1 Å². The number of hydrogen-bond donors (Lipinski definition) is 3. The van der Waals surface area contributed by atoms with Crippen LogP contribution in [0.15, 0.2) is 48.5 Å². The van der Waals surface area contributed by atoms with Gasteiger partial charge in [-0.1, -0.05) is 55.0 Å². The third kappa shape index (κ3) is 4.62. The lowest BCUT2D eigenvalue weighted by Crippen LogP contribution is -2.47. The molecule has 0 aromatic heterocycles. The Hall–Kier alpha value is -3.39. The van der Waals surface area contributed by atoms with Crippen LogP contribution in [0.3, 0.4) is 0 Å². The molecular weight excluding hydrogens is 448 g/mol. The van der Waals surface area contributed by atoms with E-state index < -0.39 is 24.2 Å². The van der Waals surface area contributed by atoms with Crippen LogP contribution in [0.2, 0.25) is 0 Å². The molecule has 2 aromatic carbocycles. The molecule has 3 aliphatic rings. The number of likely N-dealkylation sites (tertiary alicyclic amines) is 1. The number of rotatable bonds is 5. The molecule has 184 valence electrons. The molecule has 0 spiro atoms. The molecule has 0 bridgehead atoms. The van der Waals surface area contributed by atoms with Gasteiger partial charge in [0, 0.05) is 30.8 Å². The van der Waals surface area contributed by atoms with Crippen LogP contribution >= 0.6 is 0 Å². The van der Waals surface area contributed by atoms with E-state index in [-0.39, 0.29) is 43.4 Å². The number of nitrogens with one attached hydrogen (secondary N) is 1. The predicted molar refractivity (Wildman–Crippen MR) is 128 cm³/mol. The van der Waals surface area contributed by atoms with Crippen molar-refractivity contribution in [3.05, 3.63) is 59.7 Å². The maximum absolute atomic E-state index is 13.0. The first kappa shape index (κ1) is 23.4. The number of nitrogens with zero attached hydrogens (tertiary/aromatic N) is 1. The van der Waals surface area contributed by atoms with Crippen LogP contribution in [0.4, 0.5) is 4.79 Å². The maximum Gasteiger partial charge on any atom is 0.407 e. The number of hydrogen-bond acceptors (Lipinski definition) is 5. The van der Waals surface area contributed by atoms with Gasteiger partial charge in [-0.3, -0.25) is 4.79 Å². The number of amides is 2. The number of β-amino-alcohol motifs (C(OH)–C–C–N with tert-alkyl or cyclic N) is 1. The Morgan fingerprint density at radius 2 is 1.63 bits per heavy atom. The van der Waals surface area contributed by atoms with Crippen molar-refractivity contribution in [2.75, 3.05) is 13.2 Å². The number of aliphatic hydroxyl groups is 1. The zero-order valence-corrected chi connectivity index (χ0v) is 19.4. The second-order valence-electron chi connectivity index (χ2n) is 9.76. The highest BCUT2D eigenvalue weighted by atomic mass is 16.5. The zero-order valence-electron chi connectivity index (χ0n) is 19.4. The van der Waals surface area contributed by atoms with Gasteiger partial charge in [-0.2, -0.15) is 0 Å². The smallest absolute Gasteiger partial charge is 0.407 e. The molecule has 1 aliphatic heterocycles. The average Bonchev–Trinajstić information content (AvgIpc) is 3.41. The number of carboxylic acids is 1.